The molecule has 0 unspecified atom stereocenters. The molecule has 3 rings (SSSR count). The van der Waals surface area contributed by atoms with Gasteiger partial charge in [0.25, 0.3) is 0 Å². The van der Waals surface area contributed by atoms with Crippen LogP contribution in [-0.4, -0.2) is 53.3 Å². The summed E-state index contributed by atoms with van der Waals surface area (Å²) in [5, 5.41) is 0. The van der Waals surface area contributed by atoms with Crippen molar-refractivity contribution >= 4 is 17.6 Å². The highest BCUT2D eigenvalue weighted by Gasteiger charge is 2.19. The second-order valence-electron chi connectivity index (χ2n) is 6.99. The van der Waals surface area contributed by atoms with Gasteiger partial charge in [0.05, 0.1) is 0 Å². The van der Waals surface area contributed by atoms with E-state index in [0.29, 0.717) is 5.92 Å². The number of rotatable bonds is 6. The fourth-order valence-corrected chi connectivity index (χ4v) is 3.99. The third kappa shape index (κ3) is 4.95. The topological polar surface area (TPSA) is 32.3 Å². The lowest BCUT2D eigenvalue weighted by atomic mass is 10.2. The molecule has 0 atom stereocenters. The maximum absolute atomic E-state index is 13.7. The van der Waals surface area contributed by atoms with E-state index in [1.54, 1.807) is 17.8 Å². The molecule has 0 bridgehead atoms. The normalized spacial score (nSPS) is 15.7. The second kappa shape index (κ2) is 8.82. The number of aromatic nitrogens is 2. The van der Waals surface area contributed by atoms with Crippen LogP contribution >= 0.6 is 11.8 Å². The molecule has 6 heteroatoms. The van der Waals surface area contributed by atoms with Crippen LogP contribution in [0.2, 0.25) is 0 Å². The minimum atomic E-state index is -0.123. The Morgan fingerprint density at radius 1 is 1.12 bits per heavy atom. The van der Waals surface area contributed by atoms with Crippen molar-refractivity contribution in [2.75, 3.05) is 43.4 Å². The molecule has 1 saturated heterocycles. The summed E-state index contributed by atoms with van der Waals surface area (Å²) in [6.07, 6.45) is 0. The smallest absolute Gasteiger partial charge is 0.136 e. The molecule has 0 spiro atoms. The van der Waals surface area contributed by atoms with Crippen LogP contribution in [-0.2, 0) is 0 Å². The van der Waals surface area contributed by atoms with Crippen molar-refractivity contribution in [1.82, 2.24) is 14.9 Å². The highest BCUT2D eigenvalue weighted by atomic mass is 32.2. The number of halogens is 1. The molecular weight excluding hydrogens is 347 g/mol. The summed E-state index contributed by atoms with van der Waals surface area (Å²) in [6, 6.07) is 9.07. The number of aryl methyl sites for hydroxylation is 1. The Kier molecular flexibility index (Phi) is 6.48. The van der Waals surface area contributed by atoms with E-state index < -0.39 is 0 Å². The average molecular weight is 375 g/mol. The predicted molar refractivity (Wildman–Crippen MR) is 107 cm³/mol. The minimum absolute atomic E-state index is 0.123. The minimum Gasteiger partial charge on any atom is -0.354 e. The molecule has 1 aliphatic heterocycles. The summed E-state index contributed by atoms with van der Waals surface area (Å²) in [7, 11) is 0. The van der Waals surface area contributed by atoms with E-state index in [1.165, 1.54) is 6.07 Å². The fraction of sp³-hybridized carbons (Fsp3) is 0.500. The van der Waals surface area contributed by atoms with E-state index in [4.69, 9.17) is 4.98 Å². The van der Waals surface area contributed by atoms with E-state index in [9.17, 15) is 4.39 Å². The summed E-state index contributed by atoms with van der Waals surface area (Å²) in [5.74, 6) is 3.09. The van der Waals surface area contributed by atoms with Crippen molar-refractivity contribution < 1.29 is 4.39 Å². The number of benzene rings is 1. The summed E-state index contributed by atoms with van der Waals surface area (Å²) in [6.45, 7) is 11.2. The van der Waals surface area contributed by atoms with Gasteiger partial charge in [0.2, 0.25) is 0 Å². The van der Waals surface area contributed by atoms with Crippen molar-refractivity contribution in [3.05, 3.63) is 47.7 Å². The van der Waals surface area contributed by atoms with Crippen LogP contribution in [0.1, 0.15) is 31.3 Å². The monoisotopic (exact) mass is 374 g/mol. The Morgan fingerprint density at radius 2 is 1.85 bits per heavy atom. The molecule has 1 fully saturated rings. The number of anilines is 1. The second-order valence-corrected chi connectivity index (χ2v) is 8.12. The third-order valence-corrected chi connectivity index (χ3v) is 5.60. The van der Waals surface area contributed by atoms with Crippen molar-refractivity contribution in [2.45, 2.75) is 31.6 Å². The molecule has 4 nitrogen and oxygen atoms in total. The standard InChI is InChI=1S/C20H27FN4S/c1-15(2)20-22-16(3)14-19(23-20)25-10-8-24(9-11-25)12-13-26-18-7-5-4-6-17(18)21/h4-7,14-15H,8-13H2,1-3H3. The molecule has 0 N–H and O–H groups in total. The zero-order valence-electron chi connectivity index (χ0n) is 15.8. The van der Waals surface area contributed by atoms with Gasteiger partial charge in [-0.1, -0.05) is 26.0 Å². The molecule has 1 aromatic carbocycles. The van der Waals surface area contributed by atoms with Crippen molar-refractivity contribution in [3.63, 3.8) is 0 Å². The molecule has 0 aliphatic carbocycles. The molecule has 0 radical (unpaired) electrons. The first-order chi connectivity index (χ1) is 12.5. The number of hydrogen-bond donors (Lipinski definition) is 0. The Bertz CT molecular complexity index is 730. The number of hydrogen-bond acceptors (Lipinski definition) is 5. The van der Waals surface area contributed by atoms with Gasteiger partial charge < -0.3 is 4.90 Å². The summed E-state index contributed by atoms with van der Waals surface area (Å²) < 4.78 is 13.7. The molecule has 1 aromatic heterocycles. The number of nitrogens with zero attached hydrogens (tertiary/aromatic N) is 4. The molecule has 1 aliphatic rings. The molecule has 0 saturated carbocycles. The number of thioether (sulfide) groups is 1. The van der Waals surface area contributed by atoms with Gasteiger partial charge >= 0.3 is 0 Å². The average Bonchev–Trinajstić information content (AvgIpc) is 2.63. The lowest BCUT2D eigenvalue weighted by Gasteiger charge is -2.35. The van der Waals surface area contributed by atoms with Crippen LogP contribution < -0.4 is 4.90 Å². The maximum atomic E-state index is 13.7. The van der Waals surface area contributed by atoms with E-state index >= 15 is 0 Å². The summed E-state index contributed by atoms with van der Waals surface area (Å²) >= 11 is 1.59. The van der Waals surface area contributed by atoms with Crippen LogP contribution in [0.4, 0.5) is 10.2 Å². The van der Waals surface area contributed by atoms with Crippen LogP contribution in [0.25, 0.3) is 0 Å². The first kappa shape index (κ1) is 19.1. The molecule has 26 heavy (non-hydrogen) atoms. The summed E-state index contributed by atoms with van der Waals surface area (Å²) in [4.78, 5) is 14.8. The Hall–Kier alpha value is -1.66. The molecule has 2 heterocycles. The van der Waals surface area contributed by atoms with Crippen LogP contribution in [0.5, 0.6) is 0 Å². The maximum Gasteiger partial charge on any atom is 0.136 e. The SMILES string of the molecule is Cc1cc(N2CCN(CCSc3ccccc3F)CC2)nc(C(C)C)n1. The zero-order valence-corrected chi connectivity index (χ0v) is 16.6. The quantitative estimate of drug-likeness (QED) is 0.715. The van der Waals surface area contributed by atoms with Crippen molar-refractivity contribution in [3.8, 4) is 0 Å². The fourth-order valence-electron chi connectivity index (χ4n) is 3.04. The first-order valence-corrected chi connectivity index (χ1v) is 10.2. The van der Waals surface area contributed by atoms with E-state index in [2.05, 4.69) is 34.7 Å². The summed E-state index contributed by atoms with van der Waals surface area (Å²) in [5.41, 5.74) is 1.03. The Morgan fingerprint density at radius 3 is 2.54 bits per heavy atom. The predicted octanol–water partition coefficient (Wildman–Crippen LogP) is 3.96. The van der Waals surface area contributed by atoms with Gasteiger partial charge in [0.15, 0.2) is 0 Å². The highest BCUT2D eigenvalue weighted by Crippen LogP contribution is 2.22. The molecular formula is C20H27FN4S. The van der Waals surface area contributed by atoms with Gasteiger partial charge in [-0.15, -0.1) is 11.8 Å². The van der Waals surface area contributed by atoms with Crippen molar-refractivity contribution in [1.29, 1.82) is 0 Å². The van der Waals surface area contributed by atoms with E-state index in [1.807, 2.05) is 19.1 Å². The Labute approximate surface area is 159 Å². The first-order valence-electron chi connectivity index (χ1n) is 9.23. The van der Waals surface area contributed by atoms with Gasteiger partial charge in [0, 0.05) is 61.1 Å². The van der Waals surface area contributed by atoms with Crippen LogP contribution in [0.3, 0.4) is 0 Å². The van der Waals surface area contributed by atoms with Gasteiger partial charge in [0.1, 0.15) is 17.5 Å². The van der Waals surface area contributed by atoms with Gasteiger partial charge in [-0.2, -0.15) is 0 Å². The molecule has 0 amide bonds. The molecule has 140 valence electrons. The Balaban J connectivity index is 1.49. The molecule has 2 aromatic rings. The van der Waals surface area contributed by atoms with Crippen molar-refractivity contribution in [2.24, 2.45) is 0 Å². The van der Waals surface area contributed by atoms with Crippen LogP contribution in [0, 0.1) is 12.7 Å². The van der Waals surface area contributed by atoms with E-state index in [0.717, 1.165) is 60.7 Å². The van der Waals surface area contributed by atoms with Gasteiger partial charge in [-0.05, 0) is 19.1 Å². The van der Waals surface area contributed by atoms with Gasteiger partial charge in [-0.3, -0.25) is 4.90 Å². The zero-order chi connectivity index (χ0) is 18.5. The third-order valence-electron chi connectivity index (χ3n) is 4.57. The highest BCUT2D eigenvalue weighted by molar-refractivity contribution is 7.99. The number of piperazine rings is 1. The largest absolute Gasteiger partial charge is 0.354 e. The van der Waals surface area contributed by atoms with Gasteiger partial charge in [-0.25, -0.2) is 14.4 Å². The lowest BCUT2D eigenvalue weighted by molar-refractivity contribution is 0.272. The van der Waals surface area contributed by atoms with Crippen LogP contribution in [0.15, 0.2) is 35.2 Å². The lowest BCUT2D eigenvalue weighted by Crippen LogP contribution is -2.47. The van der Waals surface area contributed by atoms with E-state index in [-0.39, 0.29) is 5.82 Å².